The fourth-order valence-corrected chi connectivity index (χ4v) is 4.33. The highest BCUT2D eigenvalue weighted by Crippen LogP contribution is 2.26. The van der Waals surface area contributed by atoms with Crippen LogP contribution in [0.5, 0.6) is 0 Å². The molecule has 0 aliphatic heterocycles. The van der Waals surface area contributed by atoms with E-state index >= 15 is 0 Å². The number of nitrogens with zero attached hydrogens (tertiary/aromatic N) is 5. The van der Waals surface area contributed by atoms with Crippen molar-refractivity contribution in [2.24, 2.45) is 0 Å². The molecule has 5 rings (SSSR count). The van der Waals surface area contributed by atoms with Crippen LogP contribution in [0.1, 0.15) is 5.69 Å². The van der Waals surface area contributed by atoms with Gasteiger partial charge in [0.25, 0.3) is 0 Å². The van der Waals surface area contributed by atoms with Crippen LogP contribution in [-0.2, 0) is 6.54 Å². The van der Waals surface area contributed by atoms with Crippen LogP contribution in [0, 0.1) is 5.41 Å². The number of aromatic amines is 1. The lowest BCUT2D eigenvalue weighted by Crippen LogP contribution is -2.34. The number of para-hydroxylation sites is 1. The van der Waals surface area contributed by atoms with Crippen molar-refractivity contribution >= 4 is 51.6 Å². The third-order valence-electron chi connectivity index (χ3n) is 5.55. The van der Waals surface area contributed by atoms with Crippen molar-refractivity contribution in [3.63, 3.8) is 0 Å². The summed E-state index contributed by atoms with van der Waals surface area (Å²) >= 11 is 12.5. The first-order valence-corrected chi connectivity index (χ1v) is 11.7. The van der Waals surface area contributed by atoms with Gasteiger partial charge in [-0.3, -0.25) is 15.4 Å². The Labute approximate surface area is 215 Å². The Morgan fingerprint density at radius 2 is 1.78 bits per heavy atom. The molecule has 3 N–H and O–H groups in total. The van der Waals surface area contributed by atoms with Crippen molar-refractivity contribution in [2.75, 3.05) is 17.3 Å². The average Bonchev–Trinajstić information content (AvgIpc) is 2.86. The standard InChI is InChI=1S/C25H20Cl2N8O/c1-34(14-16-5-2-3-12-29-16)17-10-8-15(9-11-17)31-24-30-13-18-22(28)35(25(36)33-23(18)32-24)21-19(26)6-4-7-20(21)27/h2-13,28H,14H2,1H3,(H2,30,31,32,33,36). The van der Waals surface area contributed by atoms with Gasteiger partial charge >= 0.3 is 5.69 Å². The average molecular weight is 519 g/mol. The third-order valence-corrected chi connectivity index (χ3v) is 6.16. The number of H-pyrrole nitrogens is 1. The van der Waals surface area contributed by atoms with Crippen molar-refractivity contribution in [1.29, 1.82) is 5.41 Å². The van der Waals surface area contributed by atoms with Gasteiger partial charge in [0.15, 0.2) is 5.65 Å². The highest BCUT2D eigenvalue weighted by atomic mass is 35.5. The topological polar surface area (TPSA) is 116 Å². The molecule has 0 unspecified atom stereocenters. The summed E-state index contributed by atoms with van der Waals surface area (Å²) < 4.78 is 1.10. The summed E-state index contributed by atoms with van der Waals surface area (Å²) in [6, 6.07) is 18.5. The number of nitrogens with one attached hydrogen (secondary N) is 3. The second-order valence-electron chi connectivity index (χ2n) is 7.99. The highest BCUT2D eigenvalue weighted by molar-refractivity contribution is 6.37. The second kappa shape index (κ2) is 9.80. The van der Waals surface area contributed by atoms with Gasteiger partial charge in [-0.15, -0.1) is 0 Å². The van der Waals surface area contributed by atoms with Crippen molar-refractivity contribution in [2.45, 2.75) is 6.54 Å². The second-order valence-corrected chi connectivity index (χ2v) is 8.80. The first-order chi connectivity index (χ1) is 17.4. The molecule has 0 bridgehead atoms. The molecule has 9 nitrogen and oxygen atoms in total. The summed E-state index contributed by atoms with van der Waals surface area (Å²) in [7, 11) is 2.00. The number of rotatable bonds is 6. The van der Waals surface area contributed by atoms with Crippen LogP contribution in [0.2, 0.25) is 10.0 Å². The number of anilines is 3. The Morgan fingerprint density at radius 1 is 1.03 bits per heavy atom. The molecule has 180 valence electrons. The van der Waals surface area contributed by atoms with Gasteiger partial charge in [-0.1, -0.05) is 35.3 Å². The predicted molar refractivity (Wildman–Crippen MR) is 141 cm³/mol. The van der Waals surface area contributed by atoms with Gasteiger partial charge in [-0.2, -0.15) is 4.98 Å². The lowest BCUT2D eigenvalue weighted by molar-refractivity contribution is 0.854. The molecule has 0 saturated carbocycles. The third kappa shape index (κ3) is 4.66. The SMILES string of the molecule is CN(Cc1ccccn1)c1ccc(Nc2ncc3c(=N)n(-c4c(Cl)cccc4Cl)c(=O)[nH]c3n2)cc1. The molecule has 0 amide bonds. The molecule has 0 aliphatic carbocycles. The molecule has 3 heterocycles. The van der Waals surface area contributed by atoms with Gasteiger partial charge in [-0.05, 0) is 48.5 Å². The fraction of sp³-hybridized carbons (Fsp3) is 0.0800. The maximum absolute atomic E-state index is 12.8. The molecule has 5 aromatic rings. The van der Waals surface area contributed by atoms with Crippen molar-refractivity contribution in [3.05, 3.63) is 105 Å². The van der Waals surface area contributed by atoms with Crippen molar-refractivity contribution in [1.82, 2.24) is 24.5 Å². The predicted octanol–water partition coefficient (Wildman–Crippen LogP) is 4.67. The van der Waals surface area contributed by atoms with Gasteiger partial charge in [0.2, 0.25) is 5.95 Å². The smallest absolute Gasteiger partial charge is 0.333 e. The lowest BCUT2D eigenvalue weighted by Gasteiger charge is -2.19. The summed E-state index contributed by atoms with van der Waals surface area (Å²) in [5, 5.41) is 12.5. The largest absolute Gasteiger partial charge is 0.369 e. The van der Waals surface area contributed by atoms with Crippen LogP contribution >= 0.6 is 23.2 Å². The Bertz CT molecular complexity index is 1650. The Morgan fingerprint density at radius 3 is 2.47 bits per heavy atom. The summed E-state index contributed by atoms with van der Waals surface area (Å²) in [4.78, 5) is 30.7. The molecular weight excluding hydrogens is 499 g/mol. The summed E-state index contributed by atoms with van der Waals surface area (Å²) in [5.74, 6) is 0.278. The monoisotopic (exact) mass is 518 g/mol. The van der Waals surface area contributed by atoms with E-state index < -0.39 is 5.69 Å². The molecule has 0 radical (unpaired) electrons. The number of hydrogen-bond acceptors (Lipinski definition) is 7. The first kappa shape index (κ1) is 23.5. The fourth-order valence-electron chi connectivity index (χ4n) is 3.76. The molecule has 11 heteroatoms. The normalized spacial score (nSPS) is 11.0. The zero-order chi connectivity index (χ0) is 25.2. The number of hydrogen-bond donors (Lipinski definition) is 3. The zero-order valence-corrected chi connectivity index (χ0v) is 20.5. The van der Waals surface area contributed by atoms with E-state index in [4.69, 9.17) is 28.6 Å². The Kier molecular flexibility index (Phi) is 6.41. The van der Waals surface area contributed by atoms with Crippen molar-refractivity contribution < 1.29 is 0 Å². The summed E-state index contributed by atoms with van der Waals surface area (Å²) in [5.41, 5.74) is 2.50. The maximum Gasteiger partial charge on any atom is 0.333 e. The Balaban J connectivity index is 1.40. The molecule has 0 spiro atoms. The quantitative estimate of drug-likeness (QED) is 0.300. The summed E-state index contributed by atoms with van der Waals surface area (Å²) in [6.45, 7) is 0.684. The minimum atomic E-state index is -0.590. The summed E-state index contributed by atoms with van der Waals surface area (Å²) in [6.07, 6.45) is 3.25. The van der Waals surface area contributed by atoms with E-state index in [2.05, 4.69) is 30.2 Å². The molecule has 2 aromatic carbocycles. The van der Waals surface area contributed by atoms with E-state index in [0.29, 0.717) is 11.9 Å². The number of aromatic nitrogens is 5. The van der Waals surface area contributed by atoms with Gasteiger partial charge in [-0.25, -0.2) is 14.3 Å². The molecule has 0 aliphatic rings. The van der Waals surface area contributed by atoms with Gasteiger partial charge in [0, 0.05) is 30.8 Å². The van der Waals surface area contributed by atoms with Crippen LogP contribution in [0.3, 0.4) is 0 Å². The number of pyridine rings is 1. The van der Waals surface area contributed by atoms with Crippen LogP contribution in [-0.4, -0.2) is 31.6 Å². The highest BCUT2D eigenvalue weighted by Gasteiger charge is 2.15. The van der Waals surface area contributed by atoms with E-state index in [-0.39, 0.29) is 32.8 Å². The van der Waals surface area contributed by atoms with E-state index in [1.165, 1.54) is 6.20 Å². The van der Waals surface area contributed by atoms with Gasteiger partial charge in [0.1, 0.15) is 5.49 Å². The molecule has 0 atom stereocenters. The molecule has 0 saturated heterocycles. The van der Waals surface area contributed by atoms with E-state index in [1.54, 1.807) is 24.4 Å². The van der Waals surface area contributed by atoms with Gasteiger partial charge in [0.05, 0.1) is 33.4 Å². The maximum atomic E-state index is 12.8. The molecule has 0 fully saturated rings. The van der Waals surface area contributed by atoms with E-state index in [9.17, 15) is 4.79 Å². The lowest BCUT2D eigenvalue weighted by atomic mass is 10.2. The first-order valence-electron chi connectivity index (χ1n) is 10.9. The minimum Gasteiger partial charge on any atom is -0.369 e. The Hall–Kier alpha value is -4.21. The minimum absolute atomic E-state index is 0.129. The number of halogens is 2. The van der Waals surface area contributed by atoms with Crippen LogP contribution in [0.15, 0.2) is 77.9 Å². The van der Waals surface area contributed by atoms with E-state index in [0.717, 1.165) is 21.6 Å². The van der Waals surface area contributed by atoms with Crippen LogP contribution in [0.25, 0.3) is 16.7 Å². The molecule has 3 aromatic heterocycles. The van der Waals surface area contributed by atoms with Gasteiger partial charge < -0.3 is 10.2 Å². The van der Waals surface area contributed by atoms with Crippen LogP contribution < -0.4 is 21.4 Å². The zero-order valence-electron chi connectivity index (χ0n) is 19.0. The molecule has 36 heavy (non-hydrogen) atoms. The van der Waals surface area contributed by atoms with Crippen molar-refractivity contribution in [3.8, 4) is 5.69 Å². The number of fused-ring (bicyclic) bond motifs is 1. The number of benzene rings is 2. The van der Waals surface area contributed by atoms with Crippen LogP contribution in [0.4, 0.5) is 17.3 Å². The van der Waals surface area contributed by atoms with E-state index in [1.807, 2.05) is 49.5 Å². The molecular formula is C25H20Cl2N8O.